The lowest BCUT2D eigenvalue weighted by atomic mass is 9.31. The largest absolute Gasteiger partial charge is 0.481 e. The Labute approximate surface area is 206 Å². The molecule has 0 aliphatic heterocycles. The number of carbonyl (C=O) groups is 1. The molecule has 11 unspecified atom stereocenters. The Morgan fingerprint density at radius 2 is 1.50 bits per heavy atom. The van der Waals surface area contributed by atoms with Crippen molar-refractivity contribution in [3.05, 3.63) is 12.2 Å². The fraction of sp³-hybridized carbons (Fsp3) is 0.900. The number of aliphatic carboxylic acids is 1. The first-order valence-electron chi connectivity index (χ1n) is 13.9. The number of aliphatic hydroxyl groups is 2. The number of hydrogen-bond acceptors (Lipinski definition) is 3. The first kappa shape index (κ1) is 24.8. The maximum absolute atomic E-state index is 12.8. The van der Waals surface area contributed by atoms with E-state index >= 15 is 0 Å². The lowest BCUT2D eigenvalue weighted by Gasteiger charge is -2.73. The average Bonchev–Trinajstić information content (AvgIpc) is 2.74. The SMILES string of the molecule is CC1C2C3CCC4C5(C)CCC(O)C(C)(C)C5CCC4(C)C3(C)CCC2(C(=O)O)C=CC1(C)O. The molecule has 5 aliphatic carbocycles. The molecule has 192 valence electrons. The monoisotopic (exact) mass is 472 g/mol. The Hall–Kier alpha value is -0.870. The lowest BCUT2D eigenvalue weighted by Crippen LogP contribution is -2.68. The number of hydrogen-bond donors (Lipinski definition) is 3. The van der Waals surface area contributed by atoms with Gasteiger partial charge in [0, 0.05) is 0 Å². The Morgan fingerprint density at radius 1 is 0.824 bits per heavy atom. The molecule has 4 nitrogen and oxygen atoms in total. The first-order chi connectivity index (χ1) is 15.6. The van der Waals surface area contributed by atoms with Gasteiger partial charge in [0.1, 0.15) is 0 Å². The predicted molar refractivity (Wildman–Crippen MR) is 134 cm³/mol. The normalized spacial score (nSPS) is 58.1. The molecule has 4 saturated carbocycles. The summed E-state index contributed by atoms with van der Waals surface area (Å²) in [5.74, 6) is 0.585. The van der Waals surface area contributed by atoms with Gasteiger partial charge in [-0.1, -0.05) is 53.7 Å². The van der Waals surface area contributed by atoms with Gasteiger partial charge in [-0.2, -0.15) is 0 Å². The standard InChI is InChI=1S/C30H48O4/c1-18-23-19-8-9-21-26(4)12-11-22(31)25(2,3)20(26)10-13-28(21,6)27(19,5)14-16-30(23,24(32)33)17-15-29(18,7)34/h15,17-23,31,34H,8-14,16H2,1-7H3,(H,32,33). The van der Waals surface area contributed by atoms with Gasteiger partial charge in [-0.15, -0.1) is 0 Å². The van der Waals surface area contributed by atoms with Crippen molar-refractivity contribution in [1.82, 2.24) is 0 Å². The zero-order chi connectivity index (χ0) is 25.1. The predicted octanol–water partition coefficient (Wildman–Crippen LogP) is 6.06. The Morgan fingerprint density at radius 3 is 2.15 bits per heavy atom. The van der Waals surface area contributed by atoms with Gasteiger partial charge in [0.15, 0.2) is 0 Å². The van der Waals surface area contributed by atoms with Crippen molar-refractivity contribution >= 4 is 5.97 Å². The van der Waals surface area contributed by atoms with E-state index in [1.165, 1.54) is 0 Å². The van der Waals surface area contributed by atoms with E-state index in [0.717, 1.165) is 44.9 Å². The number of rotatable bonds is 1. The quantitative estimate of drug-likeness (QED) is 0.405. The summed E-state index contributed by atoms with van der Waals surface area (Å²) in [7, 11) is 0. The number of aliphatic hydroxyl groups excluding tert-OH is 1. The van der Waals surface area contributed by atoms with Crippen molar-refractivity contribution in [2.24, 2.45) is 56.7 Å². The van der Waals surface area contributed by atoms with Crippen molar-refractivity contribution in [3.63, 3.8) is 0 Å². The summed E-state index contributed by atoms with van der Waals surface area (Å²) < 4.78 is 0. The van der Waals surface area contributed by atoms with Crippen LogP contribution in [0.15, 0.2) is 12.2 Å². The molecule has 3 N–H and O–H groups in total. The van der Waals surface area contributed by atoms with Crippen LogP contribution in [0, 0.1) is 56.7 Å². The second-order valence-electron chi connectivity index (χ2n) is 14.8. The van der Waals surface area contributed by atoms with E-state index in [9.17, 15) is 20.1 Å². The summed E-state index contributed by atoms with van der Waals surface area (Å²) in [5.41, 5.74) is -1.45. The summed E-state index contributed by atoms with van der Waals surface area (Å²) in [6, 6.07) is 0. The summed E-state index contributed by atoms with van der Waals surface area (Å²) in [5, 5.41) is 32.6. The van der Waals surface area contributed by atoms with Crippen molar-refractivity contribution in [2.75, 3.05) is 0 Å². The maximum Gasteiger partial charge on any atom is 0.313 e. The van der Waals surface area contributed by atoms with Gasteiger partial charge >= 0.3 is 5.97 Å². The van der Waals surface area contributed by atoms with Gasteiger partial charge in [0.2, 0.25) is 0 Å². The van der Waals surface area contributed by atoms with Gasteiger partial charge < -0.3 is 15.3 Å². The van der Waals surface area contributed by atoms with Crippen LogP contribution in [-0.2, 0) is 4.79 Å². The molecular formula is C30H48O4. The maximum atomic E-state index is 12.8. The van der Waals surface area contributed by atoms with Gasteiger partial charge in [-0.3, -0.25) is 4.79 Å². The first-order valence-corrected chi connectivity index (χ1v) is 13.9. The zero-order valence-corrected chi connectivity index (χ0v) is 22.5. The van der Waals surface area contributed by atoms with Crippen LogP contribution in [0.2, 0.25) is 0 Å². The third-order valence-electron chi connectivity index (χ3n) is 13.6. The minimum absolute atomic E-state index is 0.0447. The summed E-state index contributed by atoms with van der Waals surface area (Å²) >= 11 is 0. The van der Waals surface area contributed by atoms with E-state index in [4.69, 9.17) is 0 Å². The number of carboxylic acids is 1. The van der Waals surface area contributed by atoms with E-state index in [0.29, 0.717) is 24.2 Å². The van der Waals surface area contributed by atoms with Crippen LogP contribution in [0.3, 0.4) is 0 Å². The second kappa shape index (κ2) is 7.12. The Kier molecular flexibility index (Phi) is 5.20. The molecule has 0 radical (unpaired) electrons. The molecule has 4 heteroatoms. The van der Waals surface area contributed by atoms with Crippen LogP contribution in [0.25, 0.3) is 0 Å². The molecule has 0 aromatic rings. The van der Waals surface area contributed by atoms with Crippen molar-refractivity contribution < 1.29 is 20.1 Å². The van der Waals surface area contributed by atoms with E-state index in [2.05, 4.69) is 41.5 Å². The highest BCUT2D eigenvalue weighted by atomic mass is 16.4. The average molecular weight is 473 g/mol. The molecule has 34 heavy (non-hydrogen) atoms. The molecule has 5 rings (SSSR count). The lowest BCUT2D eigenvalue weighted by molar-refractivity contribution is -0.254. The van der Waals surface area contributed by atoms with Crippen LogP contribution < -0.4 is 0 Å². The van der Waals surface area contributed by atoms with Crippen LogP contribution in [-0.4, -0.2) is 33.0 Å². The minimum atomic E-state index is -0.965. The van der Waals surface area contributed by atoms with Gasteiger partial charge in [-0.25, -0.2) is 0 Å². The van der Waals surface area contributed by atoms with E-state index in [-0.39, 0.29) is 39.6 Å². The van der Waals surface area contributed by atoms with Crippen molar-refractivity contribution in [3.8, 4) is 0 Å². The highest BCUT2D eigenvalue weighted by Gasteiger charge is 2.71. The summed E-state index contributed by atoms with van der Waals surface area (Å²) in [4.78, 5) is 12.8. The fourth-order valence-electron chi connectivity index (χ4n) is 11.1. The van der Waals surface area contributed by atoms with Gasteiger partial charge in [0.25, 0.3) is 0 Å². The molecule has 0 saturated heterocycles. The molecule has 4 fully saturated rings. The molecule has 0 bridgehead atoms. The Balaban J connectivity index is 1.58. The van der Waals surface area contributed by atoms with Crippen LogP contribution in [0.4, 0.5) is 0 Å². The van der Waals surface area contributed by atoms with Crippen LogP contribution in [0.5, 0.6) is 0 Å². The molecule has 0 aromatic heterocycles. The topological polar surface area (TPSA) is 77.8 Å². The van der Waals surface area contributed by atoms with Crippen LogP contribution >= 0.6 is 0 Å². The van der Waals surface area contributed by atoms with Crippen molar-refractivity contribution in [2.45, 2.75) is 112 Å². The second-order valence-corrected chi connectivity index (χ2v) is 14.8. The Bertz CT molecular complexity index is 905. The number of carboxylic acid groups (broad SMARTS) is 1. The third-order valence-corrected chi connectivity index (χ3v) is 13.6. The third kappa shape index (κ3) is 2.76. The molecule has 0 amide bonds. The van der Waals surface area contributed by atoms with Crippen molar-refractivity contribution in [1.29, 1.82) is 0 Å². The molecule has 0 heterocycles. The number of fused-ring (bicyclic) bond motifs is 7. The summed E-state index contributed by atoms with van der Waals surface area (Å²) in [6.07, 6.45) is 11.5. The highest BCUT2D eigenvalue weighted by Crippen LogP contribution is 2.76. The van der Waals surface area contributed by atoms with E-state index in [1.54, 1.807) is 6.08 Å². The molecule has 0 aromatic carbocycles. The van der Waals surface area contributed by atoms with E-state index < -0.39 is 17.0 Å². The summed E-state index contributed by atoms with van der Waals surface area (Å²) in [6.45, 7) is 16.1. The molecular weight excluding hydrogens is 424 g/mol. The molecule has 0 spiro atoms. The highest BCUT2D eigenvalue weighted by molar-refractivity contribution is 5.78. The molecule has 11 atom stereocenters. The zero-order valence-electron chi connectivity index (χ0n) is 22.5. The van der Waals surface area contributed by atoms with E-state index in [1.807, 2.05) is 13.0 Å². The minimum Gasteiger partial charge on any atom is -0.481 e. The fourth-order valence-corrected chi connectivity index (χ4v) is 11.1. The van der Waals surface area contributed by atoms with Gasteiger partial charge in [0.05, 0.1) is 17.1 Å². The van der Waals surface area contributed by atoms with Crippen LogP contribution in [0.1, 0.15) is 99.8 Å². The molecule has 5 aliphatic rings. The smallest absolute Gasteiger partial charge is 0.313 e. The van der Waals surface area contributed by atoms with Gasteiger partial charge in [-0.05, 0) is 110 Å².